The molecule has 58 heavy (non-hydrogen) atoms. The Labute approximate surface area is 358 Å². The maximum absolute atomic E-state index is 12.7. The lowest BCUT2D eigenvalue weighted by Crippen LogP contribution is -2.30. The van der Waals surface area contributed by atoms with Crippen molar-refractivity contribution < 1.29 is 28.6 Å². The van der Waals surface area contributed by atoms with Gasteiger partial charge in [-0.2, -0.15) is 0 Å². The predicted molar refractivity (Wildman–Crippen MR) is 247 cm³/mol. The quantitative estimate of drug-likeness (QED) is 0.0264. The maximum atomic E-state index is 12.7. The van der Waals surface area contributed by atoms with Crippen molar-refractivity contribution in [2.24, 2.45) is 0 Å². The molecule has 0 aromatic heterocycles. The number of hydrogen-bond donors (Lipinski definition) is 0. The average Bonchev–Trinajstić information content (AvgIpc) is 3.22. The first-order valence-corrected chi connectivity index (χ1v) is 24.6. The van der Waals surface area contributed by atoms with Crippen LogP contribution in [0.1, 0.15) is 245 Å². The molecule has 336 valence electrons. The molecule has 0 aliphatic heterocycles. The topological polar surface area (TPSA) is 78.9 Å². The minimum Gasteiger partial charge on any atom is -0.462 e. The zero-order valence-electron chi connectivity index (χ0n) is 38.3. The van der Waals surface area contributed by atoms with Gasteiger partial charge in [0, 0.05) is 19.3 Å². The fourth-order valence-corrected chi connectivity index (χ4v) is 6.74. The van der Waals surface area contributed by atoms with Crippen molar-refractivity contribution in [3.05, 3.63) is 48.6 Å². The molecule has 0 amide bonds. The summed E-state index contributed by atoms with van der Waals surface area (Å²) >= 11 is 0. The smallest absolute Gasteiger partial charge is 0.306 e. The molecule has 0 aliphatic carbocycles. The van der Waals surface area contributed by atoms with E-state index in [0.717, 1.165) is 103 Å². The van der Waals surface area contributed by atoms with Crippen LogP contribution in [-0.4, -0.2) is 37.2 Å². The molecule has 0 bridgehead atoms. The van der Waals surface area contributed by atoms with Crippen LogP contribution in [0.25, 0.3) is 0 Å². The van der Waals surface area contributed by atoms with Crippen molar-refractivity contribution in [3.8, 4) is 0 Å². The summed E-state index contributed by atoms with van der Waals surface area (Å²) in [7, 11) is 0. The first-order valence-electron chi connectivity index (χ1n) is 24.6. The molecule has 0 fully saturated rings. The molecule has 6 heteroatoms. The first kappa shape index (κ1) is 55.4. The molecule has 6 nitrogen and oxygen atoms in total. The SMILES string of the molecule is CCCC/C=C\CCCCCCC(=O)OCC(COC(=O)CCCCCCCCC/C=C\C/C=C\CCCCC)OC(=O)CCCCC/C=C\CCCCCCCC. The van der Waals surface area contributed by atoms with Gasteiger partial charge in [-0.25, -0.2) is 0 Å². The van der Waals surface area contributed by atoms with Gasteiger partial charge in [0.15, 0.2) is 6.10 Å². The zero-order valence-corrected chi connectivity index (χ0v) is 38.3. The monoisotopic (exact) mass is 813 g/mol. The number of carbonyl (C=O) groups is 3. The van der Waals surface area contributed by atoms with Gasteiger partial charge >= 0.3 is 17.9 Å². The van der Waals surface area contributed by atoms with Crippen LogP contribution in [-0.2, 0) is 28.6 Å². The second-order valence-corrected chi connectivity index (χ2v) is 16.4. The molecule has 0 radical (unpaired) electrons. The fraction of sp³-hybridized carbons (Fsp3) is 0.788. The van der Waals surface area contributed by atoms with E-state index in [1.807, 2.05) is 0 Å². The average molecular weight is 813 g/mol. The summed E-state index contributed by atoms with van der Waals surface area (Å²) in [6.07, 6.45) is 55.2. The Morgan fingerprint density at radius 1 is 0.345 bits per heavy atom. The summed E-state index contributed by atoms with van der Waals surface area (Å²) in [5.41, 5.74) is 0. The van der Waals surface area contributed by atoms with Gasteiger partial charge in [0.1, 0.15) is 13.2 Å². The van der Waals surface area contributed by atoms with E-state index in [0.29, 0.717) is 19.3 Å². The van der Waals surface area contributed by atoms with Gasteiger partial charge in [0.05, 0.1) is 0 Å². The lowest BCUT2D eigenvalue weighted by atomic mass is 10.1. The Morgan fingerprint density at radius 3 is 1.07 bits per heavy atom. The van der Waals surface area contributed by atoms with E-state index in [1.165, 1.54) is 103 Å². The number of allylic oxidation sites excluding steroid dienone is 8. The summed E-state index contributed by atoms with van der Waals surface area (Å²) in [5, 5.41) is 0. The predicted octanol–water partition coefficient (Wildman–Crippen LogP) is 15.9. The van der Waals surface area contributed by atoms with Crippen LogP contribution in [0.5, 0.6) is 0 Å². The summed E-state index contributed by atoms with van der Waals surface area (Å²) in [6.45, 7) is 6.53. The highest BCUT2D eigenvalue weighted by atomic mass is 16.6. The largest absolute Gasteiger partial charge is 0.462 e. The molecule has 0 saturated carbocycles. The van der Waals surface area contributed by atoms with Gasteiger partial charge in [0.2, 0.25) is 0 Å². The van der Waals surface area contributed by atoms with Gasteiger partial charge in [0.25, 0.3) is 0 Å². The highest BCUT2D eigenvalue weighted by Gasteiger charge is 2.19. The number of rotatable bonds is 44. The highest BCUT2D eigenvalue weighted by Crippen LogP contribution is 2.13. The molecule has 0 spiro atoms. The second kappa shape index (κ2) is 47.1. The van der Waals surface area contributed by atoms with Crippen LogP contribution < -0.4 is 0 Å². The molecular formula is C52H92O6. The van der Waals surface area contributed by atoms with Crippen LogP contribution in [0.3, 0.4) is 0 Å². The van der Waals surface area contributed by atoms with Crippen LogP contribution in [0.15, 0.2) is 48.6 Å². The van der Waals surface area contributed by atoms with Gasteiger partial charge in [-0.05, 0) is 96.3 Å². The lowest BCUT2D eigenvalue weighted by molar-refractivity contribution is -0.167. The Bertz CT molecular complexity index is 1030. The number of unbranched alkanes of at least 4 members (excludes halogenated alkanes) is 25. The number of hydrogen-bond acceptors (Lipinski definition) is 6. The van der Waals surface area contributed by atoms with E-state index in [-0.39, 0.29) is 31.1 Å². The van der Waals surface area contributed by atoms with Crippen LogP contribution in [0, 0.1) is 0 Å². The molecule has 0 saturated heterocycles. The van der Waals surface area contributed by atoms with Crippen molar-refractivity contribution in [1.29, 1.82) is 0 Å². The van der Waals surface area contributed by atoms with Gasteiger partial charge in [-0.1, -0.05) is 179 Å². The van der Waals surface area contributed by atoms with Crippen molar-refractivity contribution >= 4 is 17.9 Å². The van der Waals surface area contributed by atoms with E-state index in [2.05, 4.69) is 69.4 Å². The third-order valence-electron chi connectivity index (χ3n) is 10.5. The van der Waals surface area contributed by atoms with Crippen LogP contribution >= 0.6 is 0 Å². The Balaban J connectivity index is 4.37. The summed E-state index contributed by atoms with van der Waals surface area (Å²) < 4.78 is 16.7. The summed E-state index contributed by atoms with van der Waals surface area (Å²) in [6, 6.07) is 0. The van der Waals surface area contributed by atoms with Crippen molar-refractivity contribution in [1.82, 2.24) is 0 Å². The highest BCUT2D eigenvalue weighted by molar-refractivity contribution is 5.71. The standard InChI is InChI=1S/C52H92O6/c1-4-7-10-13-16-19-22-24-25-26-27-29-30-33-36-39-42-45-51(54)57-48-49(47-56-50(53)44-41-38-35-32-21-18-15-12-9-6-3)58-52(55)46-43-40-37-34-31-28-23-20-17-14-11-8-5-2/h15-16,18-19,24-25,28,31,49H,4-14,17,20-23,26-27,29-30,32-48H2,1-3H3/b18-15-,19-16-,25-24-,31-28-. The third kappa shape index (κ3) is 44.5. The summed E-state index contributed by atoms with van der Waals surface area (Å²) in [4.78, 5) is 37.8. The third-order valence-corrected chi connectivity index (χ3v) is 10.5. The minimum atomic E-state index is -0.785. The first-order chi connectivity index (χ1) is 28.5. The van der Waals surface area contributed by atoms with E-state index < -0.39 is 6.10 Å². The summed E-state index contributed by atoms with van der Waals surface area (Å²) in [5.74, 6) is -0.922. The van der Waals surface area contributed by atoms with Crippen LogP contribution in [0.2, 0.25) is 0 Å². The Hall–Kier alpha value is -2.63. The van der Waals surface area contributed by atoms with Crippen molar-refractivity contribution in [3.63, 3.8) is 0 Å². The molecular weight excluding hydrogens is 721 g/mol. The number of ether oxygens (including phenoxy) is 3. The fourth-order valence-electron chi connectivity index (χ4n) is 6.74. The van der Waals surface area contributed by atoms with Crippen LogP contribution in [0.4, 0.5) is 0 Å². The van der Waals surface area contributed by atoms with Gasteiger partial charge in [-0.15, -0.1) is 0 Å². The molecule has 0 aliphatic rings. The normalized spacial score (nSPS) is 12.4. The van der Waals surface area contributed by atoms with Crippen molar-refractivity contribution in [2.75, 3.05) is 13.2 Å². The molecule has 0 heterocycles. The maximum Gasteiger partial charge on any atom is 0.306 e. The molecule has 0 N–H and O–H groups in total. The van der Waals surface area contributed by atoms with Crippen molar-refractivity contribution in [2.45, 2.75) is 252 Å². The second-order valence-electron chi connectivity index (χ2n) is 16.4. The van der Waals surface area contributed by atoms with E-state index >= 15 is 0 Å². The molecule has 0 aromatic rings. The van der Waals surface area contributed by atoms with E-state index in [1.54, 1.807) is 0 Å². The van der Waals surface area contributed by atoms with Gasteiger partial charge in [-0.3, -0.25) is 14.4 Å². The zero-order chi connectivity index (χ0) is 42.3. The molecule has 0 aromatic carbocycles. The Morgan fingerprint density at radius 2 is 0.638 bits per heavy atom. The lowest BCUT2D eigenvalue weighted by Gasteiger charge is -2.18. The van der Waals surface area contributed by atoms with Gasteiger partial charge < -0.3 is 14.2 Å². The molecule has 0 rings (SSSR count). The number of esters is 3. The van der Waals surface area contributed by atoms with E-state index in [9.17, 15) is 14.4 Å². The van der Waals surface area contributed by atoms with E-state index in [4.69, 9.17) is 14.2 Å². The Kier molecular flexibility index (Phi) is 44.9. The molecule has 1 atom stereocenters. The molecule has 1 unspecified atom stereocenters. The number of carbonyl (C=O) groups excluding carboxylic acids is 3. The minimum absolute atomic E-state index is 0.0866.